The highest BCUT2D eigenvalue weighted by Gasteiger charge is 2.16. The number of methoxy groups -OCH3 is 1. The van der Waals surface area contributed by atoms with Crippen LogP contribution in [0.3, 0.4) is 0 Å². The average molecular weight is 274 g/mol. The van der Waals surface area contributed by atoms with Crippen molar-refractivity contribution in [2.24, 2.45) is 0 Å². The Hall–Kier alpha value is -2.43. The molecular weight excluding hydrogens is 256 g/mol. The van der Waals surface area contributed by atoms with Gasteiger partial charge in [0, 0.05) is 6.54 Å². The number of rotatable bonds is 5. The van der Waals surface area contributed by atoms with E-state index < -0.39 is 5.97 Å². The molecular formula is C15H18N2O3. The molecule has 1 aromatic carbocycles. The fourth-order valence-corrected chi connectivity index (χ4v) is 2.07. The summed E-state index contributed by atoms with van der Waals surface area (Å²) in [4.78, 5) is 13.7. The van der Waals surface area contributed by atoms with E-state index in [0.717, 1.165) is 18.0 Å². The van der Waals surface area contributed by atoms with Crippen LogP contribution in [0.5, 0.6) is 0 Å². The van der Waals surface area contributed by atoms with Crippen LogP contribution in [-0.2, 0) is 11.3 Å². The van der Waals surface area contributed by atoms with Gasteiger partial charge in [0.05, 0.1) is 36.9 Å². The molecule has 0 amide bonds. The van der Waals surface area contributed by atoms with Gasteiger partial charge in [-0.3, -0.25) is 0 Å². The zero-order valence-corrected chi connectivity index (χ0v) is 11.6. The van der Waals surface area contributed by atoms with Gasteiger partial charge in [0.25, 0.3) is 0 Å². The fourth-order valence-electron chi connectivity index (χ4n) is 2.07. The largest absolute Gasteiger partial charge is 0.467 e. The second-order valence-corrected chi connectivity index (χ2v) is 4.32. The fraction of sp³-hybridized carbons (Fsp3) is 0.267. The number of para-hydroxylation sites is 1. The monoisotopic (exact) mass is 274 g/mol. The number of nitrogen functional groups attached to an aromatic ring is 1. The van der Waals surface area contributed by atoms with Crippen molar-refractivity contribution in [3.8, 4) is 0 Å². The minimum atomic E-state index is -0.432. The molecule has 5 heteroatoms. The molecule has 0 aliphatic carbocycles. The molecule has 0 spiro atoms. The average Bonchev–Trinajstić information content (AvgIpc) is 2.97. The standard InChI is InChI=1S/C15H18N2O3/c1-3-17(10-11-6-5-9-20-11)13-8-4-7-12(14(13)16)15(18)19-2/h4-9H,3,10,16H2,1-2H3. The predicted molar refractivity (Wildman–Crippen MR) is 77.6 cm³/mol. The van der Waals surface area contributed by atoms with Crippen LogP contribution in [0.4, 0.5) is 11.4 Å². The number of carbonyl (C=O) groups excluding carboxylic acids is 1. The van der Waals surface area contributed by atoms with Gasteiger partial charge in [-0.25, -0.2) is 4.79 Å². The first-order valence-electron chi connectivity index (χ1n) is 6.41. The third-order valence-corrected chi connectivity index (χ3v) is 3.14. The van der Waals surface area contributed by atoms with Gasteiger partial charge in [0.1, 0.15) is 5.76 Å². The quantitative estimate of drug-likeness (QED) is 0.670. The van der Waals surface area contributed by atoms with Crippen LogP contribution in [0.25, 0.3) is 0 Å². The van der Waals surface area contributed by atoms with Crippen LogP contribution in [0.15, 0.2) is 41.0 Å². The minimum absolute atomic E-state index is 0.378. The molecule has 0 saturated carbocycles. The highest BCUT2D eigenvalue weighted by Crippen LogP contribution is 2.28. The van der Waals surface area contributed by atoms with Crippen LogP contribution in [-0.4, -0.2) is 19.6 Å². The van der Waals surface area contributed by atoms with Crippen LogP contribution in [0, 0.1) is 0 Å². The molecule has 1 heterocycles. The lowest BCUT2D eigenvalue weighted by Crippen LogP contribution is -2.23. The number of nitrogens with zero attached hydrogens (tertiary/aromatic N) is 1. The predicted octanol–water partition coefficient (Wildman–Crippen LogP) is 2.67. The third kappa shape index (κ3) is 2.77. The number of esters is 1. The summed E-state index contributed by atoms with van der Waals surface area (Å²) < 4.78 is 10.1. The van der Waals surface area contributed by atoms with E-state index in [-0.39, 0.29) is 0 Å². The summed E-state index contributed by atoms with van der Waals surface area (Å²) in [6.07, 6.45) is 1.64. The highest BCUT2D eigenvalue weighted by molar-refractivity contribution is 5.98. The lowest BCUT2D eigenvalue weighted by Gasteiger charge is -2.24. The molecule has 5 nitrogen and oxygen atoms in total. The molecule has 2 rings (SSSR count). The maximum atomic E-state index is 11.7. The number of anilines is 2. The molecule has 2 aromatic rings. The summed E-state index contributed by atoms with van der Waals surface area (Å²) in [5.74, 6) is 0.410. The summed E-state index contributed by atoms with van der Waals surface area (Å²) in [7, 11) is 1.34. The summed E-state index contributed by atoms with van der Waals surface area (Å²) >= 11 is 0. The molecule has 0 fully saturated rings. The molecule has 0 radical (unpaired) electrons. The summed E-state index contributed by atoms with van der Waals surface area (Å²) in [5, 5.41) is 0. The molecule has 0 saturated heterocycles. The van der Waals surface area contributed by atoms with Gasteiger partial charge in [0.15, 0.2) is 0 Å². The molecule has 20 heavy (non-hydrogen) atoms. The van der Waals surface area contributed by atoms with Crippen molar-refractivity contribution in [2.45, 2.75) is 13.5 Å². The second kappa shape index (κ2) is 6.14. The van der Waals surface area contributed by atoms with Gasteiger partial charge in [0.2, 0.25) is 0 Å². The number of ether oxygens (including phenoxy) is 1. The van der Waals surface area contributed by atoms with Crippen molar-refractivity contribution < 1.29 is 13.9 Å². The molecule has 2 N–H and O–H groups in total. The van der Waals surface area contributed by atoms with E-state index in [1.165, 1.54) is 7.11 Å². The zero-order chi connectivity index (χ0) is 14.5. The van der Waals surface area contributed by atoms with Crippen molar-refractivity contribution in [1.82, 2.24) is 0 Å². The molecule has 0 atom stereocenters. The lowest BCUT2D eigenvalue weighted by atomic mass is 10.1. The van der Waals surface area contributed by atoms with Crippen molar-refractivity contribution in [1.29, 1.82) is 0 Å². The first-order valence-corrected chi connectivity index (χ1v) is 6.41. The topological polar surface area (TPSA) is 68.7 Å². The van der Waals surface area contributed by atoms with Crippen LogP contribution >= 0.6 is 0 Å². The van der Waals surface area contributed by atoms with Gasteiger partial charge < -0.3 is 19.8 Å². The Balaban J connectivity index is 2.32. The van der Waals surface area contributed by atoms with Crippen LogP contribution in [0.1, 0.15) is 23.0 Å². The summed E-state index contributed by atoms with van der Waals surface area (Å²) in [6, 6.07) is 9.09. The van der Waals surface area contributed by atoms with Gasteiger partial charge in [-0.2, -0.15) is 0 Å². The molecule has 106 valence electrons. The minimum Gasteiger partial charge on any atom is -0.467 e. The number of benzene rings is 1. The Morgan fingerprint density at radius 1 is 1.35 bits per heavy atom. The van der Waals surface area contributed by atoms with Crippen molar-refractivity contribution in [3.63, 3.8) is 0 Å². The van der Waals surface area contributed by atoms with E-state index in [9.17, 15) is 4.79 Å². The Labute approximate surface area is 117 Å². The lowest BCUT2D eigenvalue weighted by molar-refractivity contribution is 0.0602. The number of hydrogen-bond acceptors (Lipinski definition) is 5. The van der Waals surface area contributed by atoms with Gasteiger partial charge in [-0.15, -0.1) is 0 Å². The Morgan fingerprint density at radius 3 is 2.75 bits per heavy atom. The first kappa shape index (κ1) is 14.0. The van der Waals surface area contributed by atoms with E-state index in [1.54, 1.807) is 18.4 Å². The van der Waals surface area contributed by atoms with Crippen molar-refractivity contribution in [2.75, 3.05) is 24.3 Å². The van der Waals surface area contributed by atoms with Gasteiger partial charge in [-0.1, -0.05) is 6.07 Å². The van der Waals surface area contributed by atoms with Crippen molar-refractivity contribution in [3.05, 3.63) is 47.9 Å². The van der Waals surface area contributed by atoms with E-state index in [1.807, 2.05) is 30.0 Å². The maximum absolute atomic E-state index is 11.7. The highest BCUT2D eigenvalue weighted by atomic mass is 16.5. The zero-order valence-electron chi connectivity index (χ0n) is 11.6. The number of nitrogens with two attached hydrogens (primary N) is 1. The van der Waals surface area contributed by atoms with E-state index >= 15 is 0 Å². The van der Waals surface area contributed by atoms with E-state index in [0.29, 0.717) is 17.8 Å². The van der Waals surface area contributed by atoms with Gasteiger partial charge in [-0.05, 0) is 31.2 Å². The van der Waals surface area contributed by atoms with E-state index in [2.05, 4.69) is 0 Å². The molecule has 1 aromatic heterocycles. The normalized spacial score (nSPS) is 10.3. The Bertz CT molecular complexity index is 579. The molecule has 0 bridgehead atoms. The number of furan rings is 1. The van der Waals surface area contributed by atoms with Crippen LogP contribution < -0.4 is 10.6 Å². The maximum Gasteiger partial charge on any atom is 0.340 e. The van der Waals surface area contributed by atoms with Gasteiger partial charge >= 0.3 is 5.97 Å². The second-order valence-electron chi connectivity index (χ2n) is 4.32. The van der Waals surface area contributed by atoms with E-state index in [4.69, 9.17) is 14.9 Å². The van der Waals surface area contributed by atoms with Crippen molar-refractivity contribution >= 4 is 17.3 Å². The number of carbonyl (C=O) groups is 1. The SMILES string of the molecule is CCN(Cc1ccco1)c1cccc(C(=O)OC)c1N. The molecule has 0 unspecified atom stereocenters. The molecule has 0 aliphatic rings. The third-order valence-electron chi connectivity index (χ3n) is 3.14. The Kier molecular flexibility index (Phi) is 4.30. The van der Waals surface area contributed by atoms with Crippen LogP contribution in [0.2, 0.25) is 0 Å². The smallest absolute Gasteiger partial charge is 0.340 e. The summed E-state index contributed by atoms with van der Waals surface area (Å²) in [6.45, 7) is 3.36. The molecule has 0 aliphatic heterocycles. The number of hydrogen-bond donors (Lipinski definition) is 1. The summed E-state index contributed by atoms with van der Waals surface area (Å²) in [5.41, 5.74) is 7.69. The Morgan fingerprint density at radius 2 is 2.15 bits per heavy atom. The first-order chi connectivity index (χ1) is 9.67.